The van der Waals surface area contributed by atoms with Crippen molar-refractivity contribution >= 4 is 50.3 Å². The first-order chi connectivity index (χ1) is 14.9. The van der Waals surface area contributed by atoms with E-state index in [2.05, 4.69) is 26.2 Å². The third kappa shape index (κ3) is 4.55. The number of nitrogens with one attached hydrogen (secondary N) is 1. The van der Waals surface area contributed by atoms with Crippen LogP contribution in [0.5, 0.6) is 0 Å². The number of hydrogen-bond acceptors (Lipinski definition) is 5. The molecule has 6 nitrogen and oxygen atoms in total. The summed E-state index contributed by atoms with van der Waals surface area (Å²) in [6.07, 6.45) is 1.62. The summed E-state index contributed by atoms with van der Waals surface area (Å²) in [7, 11) is 0. The normalized spacial score (nSPS) is 10.9. The van der Waals surface area contributed by atoms with Gasteiger partial charge in [0, 0.05) is 10.7 Å². The minimum absolute atomic E-state index is 0.0907. The van der Waals surface area contributed by atoms with Gasteiger partial charge in [0.1, 0.15) is 5.82 Å². The molecule has 0 fully saturated rings. The Hall–Kier alpha value is -2.97. The number of hydrogen-bond donors (Lipinski definition) is 1. The summed E-state index contributed by atoms with van der Waals surface area (Å²) in [6.45, 7) is 3.93. The molecular formula is C23H19BrN4O2S. The van der Waals surface area contributed by atoms with E-state index >= 15 is 0 Å². The van der Waals surface area contributed by atoms with E-state index in [-0.39, 0.29) is 17.2 Å². The molecular weight excluding hydrogens is 476 g/mol. The highest BCUT2D eigenvalue weighted by Crippen LogP contribution is 2.25. The quantitative estimate of drug-likeness (QED) is 0.315. The van der Waals surface area contributed by atoms with Gasteiger partial charge < -0.3 is 5.32 Å². The van der Waals surface area contributed by atoms with Crippen molar-refractivity contribution in [1.82, 2.24) is 14.5 Å². The minimum Gasteiger partial charge on any atom is -0.310 e. The number of fused-ring (bicyclic) bond motifs is 1. The molecule has 1 amide bonds. The van der Waals surface area contributed by atoms with E-state index in [0.29, 0.717) is 21.9 Å². The molecule has 4 aromatic rings. The molecule has 0 saturated heterocycles. The molecule has 8 heteroatoms. The van der Waals surface area contributed by atoms with Crippen LogP contribution in [0, 0.1) is 13.8 Å². The maximum absolute atomic E-state index is 13.4. The third-order valence-corrected chi connectivity index (χ3v) is 6.14. The Bertz CT molecular complexity index is 1320. The van der Waals surface area contributed by atoms with Gasteiger partial charge in [-0.15, -0.1) is 0 Å². The van der Waals surface area contributed by atoms with Gasteiger partial charge >= 0.3 is 0 Å². The van der Waals surface area contributed by atoms with Crippen molar-refractivity contribution in [3.8, 4) is 5.69 Å². The summed E-state index contributed by atoms with van der Waals surface area (Å²) in [5.74, 6) is 0.329. The molecule has 4 rings (SSSR count). The highest BCUT2D eigenvalue weighted by molar-refractivity contribution is 9.10. The summed E-state index contributed by atoms with van der Waals surface area (Å²) < 4.78 is 2.45. The second-order valence-electron chi connectivity index (χ2n) is 6.99. The molecule has 0 spiro atoms. The Labute approximate surface area is 191 Å². The van der Waals surface area contributed by atoms with Gasteiger partial charge in [0.05, 0.1) is 22.3 Å². The lowest BCUT2D eigenvalue weighted by Gasteiger charge is -2.17. The molecule has 0 bridgehead atoms. The predicted octanol–water partition coefficient (Wildman–Crippen LogP) is 4.89. The van der Waals surface area contributed by atoms with Crippen LogP contribution in [-0.2, 0) is 4.79 Å². The lowest BCUT2D eigenvalue weighted by atomic mass is 10.1. The van der Waals surface area contributed by atoms with Gasteiger partial charge in [-0.25, -0.2) is 9.97 Å². The van der Waals surface area contributed by atoms with E-state index in [1.807, 2.05) is 50.2 Å². The Morgan fingerprint density at radius 3 is 2.52 bits per heavy atom. The van der Waals surface area contributed by atoms with E-state index < -0.39 is 0 Å². The molecule has 0 radical (unpaired) electrons. The zero-order valence-corrected chi connectivity index (χ0v) is 19.3. The summed E-state index contributed by atoms with van der Waals surface area (Å²) in [5, 5.41) is 3.78. The SMILES string of the molecule is Cc1cccc(C)c1-n1c(SCC(=O)Nc2ccc(Br)cn2)nc2ccccc2c1=O. The fraction of sp³-hybridized carbons (Fsp3) is 0.130. The standard InChI is InChI=1S/C23H19BrN4O2S/c1-14-6-5-7-15(2)21(14)28-22(30)17-8-3-4-9-18(17)26-23(28)31-13-20(29)27-19-11-10-16(24)12-25-19/h3-12H,13H2,1-2H3,(H,25,27,29). The fourth-order valence-corrected chi connectivity index (χ4v) is 4.36. The van der Waals surface area contributed by atoms with Crippen LogP contribution in [-0.4, -0.2) is 26.2 Å². The summed E-state index contributed by atoms with van der Waals surface area (Å²) in [6, 6.07) is 16.7. The number of thioether (sulfide) groups is 1. The number of nitrogens with zero attached hydrogens (tertiary/aromatic N) is 3. The average Bonchev–Trinajstić information content (AvgIpc) is 2.75. The van der Waals surface area contributed by atoms with Crippen LogP contribution in [0.3, 0.4) is 0 Å². The van der Waals surface area contributed by atoms with Crippen molar-refractivity contribution < 1.29 is 4.79 Å². The van der Waals surface area contributed by atoms with Gasteiger partial charge in [-0.1, -0.05) is 42.1 Å². The van der Waals surface area contributed by atoms with E-state index in [1.54, 1.807) is 29.0 Å². The number of aromatic nitrogens is 3. The molecule has 0 aliphatic heterocycles. The number of carbonyl (C=O) groups excluding carboxylic acids is 1. The lowest BCUT2D eigenvalue weighted by Crippen LogP contribution is -2.24. The van der Waals surface area contributed by atoms with Crippen molar-refractivity contribution in [2.24, 2.45) is 0 Å². The van der Waals surface area contributed by atoms with Crippen LogP contribution in [0.1, 0.15) is 11.1 Å². The Kier molecular flexibility index (Phi) is 6.20. The van der Waals surface area contributed by atoms with Crippen LogP contribution in [0.4, 0.5) is 5.82 Å². The van der Waals surface area contributed by atoms with Crippen molar-refractivity contribution in [3.63, 3.8) is 0 Å². The Morgan fingerprint density at radius 1 is 1.06 bits per heavy atom. The molecule has 0 atom stereocenters. The van der Waals surface area contributed by atoms with Gasteiger partial charge in [0.15, 0.2) is 5.16 Å². The van der Waals surface area contributed by atoms with E-state index in [0.717, 1.165) is 21.3 Å². The maximum Gasteiger partial charge on any atom is 0.266 e. The molecule has 0 aliphatic carbocycles. The zero-order chi connectivity index (χ0) is 22.0. The van der Waals surface area contributed by atoms with Gasteiger partial charge in [-0.3, -0.25) is 14.2 Å². The van der Waals surface area contributed by atoms with E-state index in [9.17, 15) is 9.59 Å². The monoisotopic (exact) mass is 494 g/mol. The number of benzene rings is 2. The highest BCUT2D eigenvalue weighted by atomic mass is 79.9. The van der Waals surface area contributed by atoms with Crippen molar-refractivity contribution in [2.75, 3.05) is 11.1 Å². The summed E-state index contributed by atoms with van der Waals surface area (Å²) >= 11 is 4.54. The summed E-state index contributed by atoms with van der Waals surface area (Å²) in [5.41, 5.74) is 3.17. The number of para-hydroxylation sites is 2. The number of pyridine rings is 1. The molecule has 2 aromatic heterocycles. The first-order valence-corrected chi connectivity index (χ1v) is 11.3. The van der Waals surface area contributed by atoms with Crippen LogP contribution in [0.15, 0.2) is 75.2 Å². The van der Waals surface area contributed by atoms with Crippen LogP contribution in [0.25, 0.3) is 16.6 Å². The number of carbonyl (C=O) groups is 1. The molecule has 2 aromatic carbocycles. The second-order valence-corrected chi connectivity index (χ2v) is 8.85. The van der Waals surface area contributed by atoms with Crippen LogP contribution in [0.2, 0.25) is 0 Å². The van der Waals surface area contributed by atoms with E-state index in [1.165, 1.54) is 11.8 Å². The highest BCUT2D eigenvalue weighted by Gasteiger charge is 2.17. The van der Waals surface area contributed by atoms with Gasteiger partial charge in [-0.05, 0) is 65.2 Å². The molecule has 0 unspecified atom stereocenters. The molecule has 0 saturated carbocycles. The van der Waals surface area contributed by atoms with Crippen LogP contribution < -0.4 is 10.9 Å². The molecule has 2 heterocycles. The third-order valence-electron chi connectivity index (χ3n) is 4.74. The molecule has 0 aliphatic rings. The number of anilines is 1. The number of halogens is 1. The van der Waals surface area contributed by atoms with Crippen LogP contribution >= 0.6 is 27.7 Å². The molecule has 156 valence electrons. The van der Waals surface area contributed by atoms with Crippen molar-refractivity contribution in [1.29, 1.82) is 0 Å². The van der Waals surface area contributed by atoms with Crippen molar-refractivity contribution in [3.05, 3.63) is 86.7 Å². The van der Waals surface area contributed by atoms with Gasteiger partial charge in [0.25, 0.3) is 5.56 Å². The average molecular weight is 495 g/mol. The predicted molar refractivity (Wildman–Crippen MR) is 128 cm³/mol. The van der Waals surface area contributed by atoms with E-state index in [4.69, 9.17) is 4.98 Å². The Morgan fingerprint density at radius 2 is 1.81 bits per heavy atom. The van der Waals surface area contributed by atoms with Gasteiger partial charge in [0.2, 0.25) is 5.91 Å². The largest absolute Gasteiger partial charge is 0.310 e. The van der Waals surface area contributed by atoms with Gasteiger partial charge in [-0.2, -0.15) is 0 Å². The Balaban J connectivity index is 1.72. The number of amides is 1. The molecule has 31 heavy (non-hydrogen) atoms. The second kappa shape index (κ2) is 9.03. The smallest absolute Gasteiger partial charge is 0.266 e. The fourth-order valence-electron chi connectivity index (χ4n) is 3.32. The maximum atomic E-state index is 13.4. The zero-order valence-electron chi connectivity index (χ0n) is 16.9. The summed E-state index contributed by atoms with van der Waals surface area (Å²) in [4.78, 5) is 34.8. The topological polar surface area (TPSA) is 76.9 Å². The van der Waals surface area contributed by atoms with Crippen molar-refractivity contribution in [2.45, 2.75) is 19.0 Å². The number of rotatable bonds is 5. The number of aryl methyl sites for hydroxylation is 2. The first kappa shape index (κ1) is 21.3. The minimum atomic E-state index is -0.227. The first-order valence-electron chi connectivity index (χ1n) is 9.56. The lowest BCUT2D eigenvalue weighted by molar-refractivity contribution is -0.113. The molecule has 1 N–H and O–H groups in total.